The van der Waals surface area contributed by atoms with Gasteiger partial charge < -0.3 is 16.2 Å². The van der Waals surface area contributed by atoms with Crippen LogP contribution in [0.1, 0.15) is 21.7 Å². The van der Waals surface area contributed by atoms with Crippen molar-refractivity contribution < 1.29 is 9.90 Å². The van der Waals surface area contributed by atoms with Crippen LogP contribution in [-0.4, -0.2) is 20.8 Å². The fourth-order valence-corrected chi connectivity index (χ4v) is 1.88. The Balaban J connectivity index is 2.33. The highest BCUT2D eigenvalue weighted by molar-refractivity contribution is 6.08. The van der Waals surface area contributed by atoms with Gasteiger partial charge in [-0.1, -0.05) is 0 Å². The van der Waals surface area contributed by atoms with Crippen LogP contribution in [0.5, 0.6) is 5.75 Å². The van der Waals surface area contributed by atoms with Crippen LogP contribution in [0.25, 0.3) is 0 Å². The van der Waals surface area contributed by atoms with Gasteiger partial charge in [-0.3, -0.25) is 9.48 Å². The minimum atomic E-state index is -0.368. The number of phenolic OH excluding ortho intramolecular Hbond substituents is 1. The SMILES string of the molecule is Cc1nn(C)c(C)c1NC(=O)c1cc(O)ccc1N. The van der Waals surface area contributed by atoms with Gasteiger partial charge in [-0.05, 0) is 32.0 Å². The average molecular weight is 260 g/mol. The molecule has 0 bridgehead atoms. The van der Waals surface area contributed by atoms with Crippen molar-refractivity contribution in [3.8, 4) is 5.75 Å². The summed E-state index contributed by atoms with van der Waals surface area (Å²) in [7, 11) is 1.81. The molecule has 0 atom stereocenters. The smallest absolute Gasteiger partial charge is 0.257 e. The number of aryl methyl sites for hydroxylation is 2. The van der Waals surface area contributed by atoms with Gasteiger partial charge in [0.05, 0.1) is 22.6 Å². The molecule has 0 radical (unpaired) electrons. The van der Waals surface area contributed by atoms with Gasteiger partial charge in [0.25, 0.3) is 5.91 Å². The summed E-state index contributed by atoms with van der Waals surface area (Å²) in [5.74, 6) is -0.369. The van der Waals surface area contributed by atoms with Gasteiger partial charge in [0.15, 0.2) is 0 Å². The summed E-state index contributed by atoms with van der Waals surface area (Å²) in [6.07, 6.45) is 0. The first-order valence-electron chi connectivity index (χ1n) is 5.80. The number of nitrogens with two attached hydrogens (primary N) is 1. The molecular weight excluding hydrogens is 244 g/mol. The third kappa shape index (κ3) is 2.37. The lowest BCUT2D eigenvalue weighted by molar-refractivity contribution is 0.102. The number of nitrogen functional groups attached to an aromatic ring is 1. The summed E-state index contributed by atoms with van der Waals surface area (Å²) in [6.45, 7) is 3.68. The highest BCUT2D eigenvalue weighted by Gasteiger charge is 2.16. The van der Waals surface area contributed by atoms with Crippen molar-refractivity contribution in [3.63, 3.8) is 0 Å². The number of hydrogen-bond donors (Lipinski definition) is 3. The van der Waals surface area contributed by atoms with Crippen LogP contribution in [0.4, 0.5) is 11.4 Å². The molecule has 2 rings (SSSR count). The zero-order valence-corrected chi connectivity index (χ0v) is 11.1. The van der Waals surface area contributed by atoms with E-state index < -0.39 is 0 Å². The van der Waals surface area contributed by atoms with Crippen molar-refractivity contribution in [2.75, 3.05) is 11.1 Å². The maximum absolute atomic E-state index is 12.2. The first-order chi connectivity index (χ1) is 8.90. The number of carbonyl (C=O) groups excluding carboxylic acids is 1. The number of aromatic nitrogens is 2. The maximum Gasteiger partial charge on any atom is 0.257 e. The van der Waals surface area contributed by atoms with Gasteiger partial charge in [-0.25, -0.2) is 0 Å². The van der Waals surface area contributed by atoms with Crippen LogP contribution < -0.4 is 11.1 Å². The Bertz CT molecular complexity index is 646. The van der Waals surface area contributed by atoms with E-state index in [0.29, 0.717) is 11.4 Å². The van der Waals surface area contributed by atoms with Crippen LogP contribution in [0.2, 0.25) is 0 Å². The minimum absolute atomic E-state index is 0.000944. The second kappa shape index (κ2) is 4.64. The molecule has 0 saturated heterocycles. The Morgan fingerprint density at radius 1 is 1.42 bits per heavy atom. The molecule has 6 heteroatoms. The predicted octanol–water partition coefficient (Wildman–Crippen LogP) is 1.58. The summed E-state index contributed by atoms with van der Waals surface area (Å²) >= 11 is 0. The summed E-state index contributed by atoms with van der Waals surface area (Å²) in [4.78, 5) is 12.2. The number of aromatic hydroxyl groups is 1. The van der Waals surface area contributed by atoms with Gasteiger partial charge >= 0.3 is 0 Å². The number of benzene rings is 1. The van der Waals surface area contributed by atoms with Crippen molar-refractivity contribution in [1.82, 2.24) is 9.78 Å². The molecule has 1 aromatic heterocycles. The predicted molar refractivity (Wildman–Crippen MR) is 73.2 cm³/mol. The van der Waals surface area contributed by atoms with Crippen LogP contribution in [0.3, 0.4) is 0 Å². The number of rotatable bonds is 2. The standard InChI is InChI=1S/C13H16N4O2/c1-7-12(8(2)17(3)16-7)15-13(19)10-6-9(18)4-5-11(10)14/h4-6,18H,14H2,1-3H3,(H,15,19). The number of anilines is 2. The van der Waals surface area contributed by atoms with Gasteiger partial charge in [-0.15, -0.1) is 0 Å². The first kappa shape index (κ1) is 12.9. The second-order valence-electron chi connectivity index (χ2n) is 4.40. The number of nitrogens with zero attached hydrogens (tertiary/aromatic N) is 2. The zero-order valence-electron chi connectivity index (χ0n) is 11.1. The van der Waals surface area contributed by atoms with Crippen molar-refractivity contribution in [2.45, 2.75) is 13.8 Å². The molecule has 6 nitrogen and oxygen atoms in total. The van der Waals surface area contributed by atoms with E-state index in [1.807, 2.05) is 13.8 Å². The molecule has 0 aliphatic rings. The largest absolute Gasteiger partial charge is 0.508 e. The van der Waals surface area contributed by atoms with Crippen LogP contribution in [-0.2, 0) is 7.05 Å². The van der Waals surface area contributed by atoms with Crippen molar-refractivity contribution in [3.05, 3.63) is 35.2 Å². The number of phenols is 1. The third-order valence-corrected chi connectivity index (χ3v) is 3.03. The molecule has 19 heavy (non-hydrogen) atoms. The monoisotopic (exact) mass is 260 g/mol. The topological polar surface area (TPSA) is 93.2 Å². The Morgan fingerprint density at radius 2 is 2.11 bits per heavy atom. The van der Waals surface area contributed by atoms with E-state index in [0.717, 1.165) is 11.4 Å². The summed E-state index contributed by atoms with van der Waals surface area (Å²) in [5.41, 5.74) is 8.53. The Labute approximate surface area is 110 Å². The van der Waals surface area contributed by atoms with E-state index in [2.05, 4.69) is 10.4 Å². The normalized spacial score (nSPS) is 10.5. The summed E-state index contributed by atoms with van der Waals surface area (Å²) < 4.78 is 1.69. The van der Waals surface area contributed by atoms with Crippen LogP contribution in [0.15, 0.2) is 18.2 Å². The summed E-state index contributed by atoms with van der Waals surface area (Å²) in [5, 5.41) is 16.4. The number of amides is 1. The third-order valence-electron chi connectivity index (χ3n) is 3.03. The molecule has 2 aromatic rings. The fraction of sp³-hybridized carbons (Fsp3) is 0.231. The van der Waals surface area contributed by atoms with Gasteiger partial charge in [0.2, 0.25) is 0 Å². The van der Waals surface area contributed by atoms with Gasteiger partial charge in [-0.2, -0.15) is 5.10 Å². The average Bonchev–Trinajstić information content (AvgIpc) is 2.59. The van der Waals surface area contributed by atoms with E-state index in [-0.39, 0.29) is 17.2 Å². The highest BCUT2D eigenvalue weighted by Crippen LogP contribution is 2.23. The quantitative estimate of drug-likeness (QED) is 0.564. The molecule has 1 amide bonds. The molecule has 1 heterocycles. The second-order valence-corrected chi connectivity index (χ2v) is 4.40. The van der Waals surface area contributed by atoms with Gasteiger partial charge in [0.1, 0.15) is 5.75 Å². The van der Waals surface area contributed by atoms with E-state index >= 15 is 0 Å². The number of carbonyl (C=O) groups is 1. The molecule has 0 fully saturated rings. The molecule has 0 spiro atoms. The van der Waals surface area contributed by atoms with E-state index in [1.165, 1.54) is 18.2 Å². The van der Waals surface area contributed by atoms with Crippen molar-refractivity contribution in [2.24, 2.45) is 7.05 Å². The lowest BCUT2D eigenvalue weighted by Gasteiger charge is -2.08. The van der Waals surface area contributed by atoms with E-state index in [9.17, 15) is 9.90 Å². The lowest BCUT2D eigenvalue weighted by atomic mass is 10.1. The number of nitrogens with one attached hydrogen (secondary N) is 1. The van der Waals surface area contributed by atoms with Crippen molar-refractivity contribution in [1.29, 1.82) is 0 Å². The number of hydrogen-bond acceptors (Lipinski definition) is 4. The Morgan fingerprint density at radius 3 is 2.68 bits per heavy atom. The minimum Gasteiger partial charge on any atom is -0.508 e. The lowest BCUT2D eigenvalue weighted by Crippen LogP contribution is -2.15. The van der Waals surface area contributed by atoms with Crippen molar-refractivity contribution >= 4 is 17.3 Å². The molecule has 4 N–H and O–H groups in total. The molecule has 0 unspecified atom stereocenters. The van der Waals surface area contributed by atoms with E-state index in [4.69, 9.17) is 5.73 Å². The molecular formula is C13H16N4O2. The van der Waals surface area contributed by atoms with Gasteiger partial charge in [0, 0.05) is 12.7 Å². The maximum atomic E-state index is 12.2. The highest BCUT2D eigenvalue weighted by atomic mass is 16.3. The van der Waals surface area contributed by atoms with Crippen LogP contribution >= 0.6 is 0 Å². The van der Waals surface area contributed by atoms with E-state index in [1.54, 1.807) is 11.7 Å². The first-order valence-corrected chi connectivity index (χ1v) is 5.80. The molecule has 0 saturated carbocycles. The molecule has 100 valence electrons. The zero-order chi connectivity index (χ0) is 14.2. The summed E-state index contributed by atoms with van der Waals surface area (Å²) in [6, 6.07) is 4.27. The Hall–Kier alpha value is -2.50. The molecule has 0 aliphatic carbocycles. The Kier molecular flexibility index (Phi) is 3.16. The fourth-order valence-electron chi connectivity index (χ4n) is 1.88. The van der Waals surface area contributed by atoms with Crippen LogP contribution in [0, 0.1) is 13.8 Å². The molecule has 0 aliphatic heterocycles. The molecule has 1 aromatic carbocycles.